The summed E-state index contributed by atoms with van der Waals surface area (Å²) in [5.41, 5.74) is 4.39. The average Bonchev–Trinajstić information content (AvgIpc) is 3.28. The molecule has 0 N–H and O–H groups in total. The quantitative estimate of drug-likeness (QED) is 0.489. The number of ether oxygens (including phenoxy) is 1. The minimum atomic E-state index is 0.690. The van der Waals surface area contributed by atoms with Crippen molar-refractivity contribution >= 4 is 22.1 Å². The lowest BCUT2D eigenvalue weighted by atomic mass is 10.2. The summed E-state index contributed by atoms with van der Waals surface area (Å²) in [5, 5.41) is 11.3. The van der Waals surface area contributed by atoms with Crippen molar-refractivity contribution in [3.05, 3.63) is 72.6 Å². The Morgan fingerprint density at radius 1 is 0.889 bits per heavy atom. The highest BCUT2D eigenvalue weighted by Crippen LogP contribution is 2.25. The van der Waals surface area contributed by atoms with Crippen molar-refractivity contribution < 1.29 is 4.74 Å². The summed E-state index contributed by atoms with van der Waals surface area (Å²) in [7, 11) is 1.66. The fraction of sp³-hybridized carbons (Fsp3) is 0.0952. The second-order valence-electron chi connectivity index (χ2n) is 6.38. The Hall–Kier alpha value is -3.67. The van der Waals surface area contributed by atoms with Crippen LogP contribution < -0.4 is 4.74 Å². The van der Waals surface area contributed by atoms with Gasteiger partial charge in [-0.2, -0.15) is 5.10 Å². The van der Waals surface area contributed by atoms with Gasteiger partial charge in [-0.25, -0.2) is 14.3 Å². The van der Waals surface area contributed by atoms with Crippen LogP contribution in [0.4, 0.5) is 0 Å². The molecule has 0 saturated heterocycles. The molecule has 5 rings (SSSR count). The normalized spacial score (nSPS) is 11.3. The summed E-state index contributed by atoms with van der Waals surface area (Å²) in [6, 6.07) is 19.9. The first kappa shape index (κ1) is 15.6. The van der Waals surface area contributed by atoms with Crippen molar-refractivity contribution in [1.82, 2.24) is 24.5 Å². The molecule has 5 aromatic rings. The van der Waals surface area contributed by atoms with Gasteiger partial charge in [0.2, 0.25) is 0 Å². The Balaban J connectivity index is 1.68. The van der Waals surface area contributed by atoms with E-state index in [2.05, 4.69) is 16.3 Å². The van der Waals surface area contributed by atoms with Crippen molar-refractivity contribution in [3.63, 3.8) is 0 Å². The number of hydrogen-bond acceptors (Lipinski definition) is 4. The summed E-state index contributed by atoms with van der Waals surface area (Å²) in [5.74, 6) is 0.818. The van der Waals surface area contributed by atoms with Gasteiger partial charge < -0.3 is 4.74 Å². The van der Waals surface area contributed by atoms with Crippen molar-refractivity contribution in [2.75, 3.05) is 7.11 Å². The van der Waals surface area contributed by atoms with E-state index in [1.165, 1.54) is 0 Å². The third-order valence-electron chi connectivity index (χ3n) is 4.65. The highest BCUT2D eigenvalue weighted by Gasteiger charge is 2.14. The molecule has 6 nitrogen and oxygen atoms in total. The molecular weight excluding hydrogens is 338 g/mol. The van der Waals surface area contributed by atoms with Crippen LogP contribution in [0, 0.1) is 6.92 Å². The Bertz CT molecular complexity index is 1250. The Morgan fingerprint density at radius 3 is 2.41 bits per heavy atom. The zero-order valence-corrected chi connectivity index (χ0v) is 15.0. The molecule has 2 aromatic carbocycles. The van der Waals surface area contributed by atoms with Gasteiger partial charge in [0.15, 0.2) is 11.3 Å². The van der Waals surface area contributed by atoms with E-state index in [0.29, 0.717) is 5.65 Å². The lowest BCUT2D eigenvalue weighted by Gasteiger charge is -2.02. The SMILES string of the molecule is COc1ccc(-n2cc3cc4c(C)nn(-c5ccccc5)c4nc3n2)cc1. The van der Waals surface area contributed by atoms with E-state index in [0.717, 1.165) is 39.2 Å². The molecule has 3 aromatic heterocycles. The standard InChI is InChI=1S/C21H17N5O/c1-14-19-12-15-13-25(16-8-10-18(27-2)11-9-16)24-20(15)22-21(19)26(23-14)17-6-4-3-5-7-17/h3-13H,1-2H3. The molecule has 0 bridgehead atoms. The van der Waals surface area contributed by atoms with Gasteiger partial charge in [0.1, 0.15) is 5.75 Å². The number of pyridine rings is 1. The van der Waals surface area contributed by atoms with E-state index in [9.17, 15) is 0 Å². The number of nitrogens with zero attached hydrogens (tertiary/aromatic N) is 5. The number of benzene rings is 2. The molecule has 6 heteroatoms. The van der Waals surface area contributed by atoms with Gasteiger partial charge in [-0.15, -0.1) is 5.10 Å². The number of hydrogen-bond donors (Lipinski definition) is 0. The third-order valence-corrected chi connectivity index (χ3v) is 4.65. The van der Waals surface area contributed by atoms with Crippen molar-refractivity contribution in [2.24, 2.45) is 0 Å². The summed E-state index contributed by atoms with van der Waals surface area (Å²) >= 11 is 0. The Labute approximate surface area is 155 Å². The minimum absolute atomic E-state index is 0.690. The molecule has 0 unspecified atom stereocenters. The topological polar surface area (TPSA) is 57.8 Å². The molecule has 0 radical (unpaired) electrons. The maximum Gasteiger partial charge on any atom is 0.183 e. The molecular formula is C21H17N5O. The smallest absolute Gasteiger partial charge is 0.183 e. The van der Waals surface area contributed by atoms with Crippen molar-refractivity contribution in [2.45, 2.75) is 6.92 Å². The van der Waals surface area contributed by atoms with Gasteiger partial charge in [-0.1, -0.05) is 18.2 Å². The van der Waals surface area contributed by atoms with Gasteiger partial charge in [-0.05, 0) is 49.4 Å². The number of rotatable bonds is 3. The fourth-order valence-corrected chi connectivity index (χ4v) is 3.24. The van der Waals surface area contributed by atoms with Crippen LogP contribution in [0.25, 0.3) is 33.4 Å². The van der Waals surface area contributed by atoms with Crippen LogP contribution in [0.3, 0.4) is 0 Å². The van der Waals surface area contributed by atoms with E-state index in [4.69, 9.17) is 9.72 Å². The van der Waals surface area contributed by atoms with Gasteiger partial charge in [0.25, 0.3) is 0 Å². The van der Waals surface area contributed by atoms with Crippen LogP contribution in [0.15, 0.2) is 66.9 Å². The van der Waals surface area contributed by atoms with Gasteiger partial charge in [-0.3, -0.25) is 0 Å². The van der Waals surface area contributed by atoms with E-state index in [-0.39, 0.29) is 0 Å². The molecule has 0 saturated carbocycles. The first-order valence-electron chi connectivity index (χ1n) is 8.68. The summed E-state index contributed by atoms with van der Waals surface area (Å²) in [4.78, 5) is 4.80. The summed E-state index contributed by atoms with van der Waals surface area (Å²) in [6.45, 7) is 2.00. The molecule has 0 fully saturated rings. The second-order valence-corrected chi connectivity index (χ2v) is 6.38. The molecule has 0 aliphatic rings. The van der Waals surface area contributed by atoms with Crippen LogP contribution >= 0.6 is 0 Å². The zero-order chi connectivity index (χ0) is 18.4. The van der Waals surface area contributed by atoms with E-state index < -0.39 is 0 Å². The van der Waals surface area contributed by atoms with Crippen LogP contribution in [-0.4, -0.2) is 31.7 Å². The molecule has 3 heterocycles. The van der Waals surface area contributed by atoms with Crippen molar-refractivity contribution in [3.8, 4) is 17.1 Å². The monoisotopic (exact) mass is 355 g/mol. The van der Waals surface area contributed by atoms with Crippen LogP contribution in [0.2, 0.25) is 0 Å². The predicted octanol–water partition coefficient (Wildman–Crippen LogP) is 4.08. The molecule has 132 valence electrons. The number of aryl methyl sites for hydroxylation is 1. The largest absolute Gasteiger partial charge is 0.497 e. The Morgan fingerprint density at radius 2 is 1.67 bits per heavy atom. The number of para-hydroxylation sites is 1. The van der Waals surface area contributed by atoms with E-state index >= 15 is 0 Å². The predicted molar refractivity (Wildman–Crippen MR) is 105 cm³/mol. The zero-order valence-electron chi connectivity index (χ0n) is 15.0. The lowest BCUT2D eigenvalue weighted by Crippen LogP contribution is -1.98. The molecule has 0 spiro atoms. The maximum absolute atomic E-state index is 5.22. The number of methoxy groups -OCH3 is 1. The fourth-order valence-electron chi connectivity index (χ4n) is 3.24. The van der Waals surface area contributed by atoms with Crippen LogP contribution in [0.5, 0.6) is 5.75 Å². The van der Waals surface area contributed by atoms with E-state index in [1.54, 1.807) is 7.11 Å². The summed E-state index contributed by atoms with van der Waals surface area (Å²) in [6.07, 6.45) is 1.99. The van der Waals surface area contributed by atoms with Gasteiger partial charge in [0.05, 0.1) is 24.2 Å². The third kappa shape index (κ3) is 2.54. The summed E-state index contributed by atoms with van der Waals surface area (Å²) < 4.78 is 8.93. The van der Waals surface area contributed by atoms with Gasteiger partial charge >= 0.3 is 0 Å². The van der Waals surface area contributed by atoms with Crippen molar-refractivity contribution in [1.29, 1.82) is 0 Å². The van der Waals surface area contributed by atoms with Gasteiger partial charge in [0, 0.05) is 17.0 Å². The number of aromatic nitrogens is 5. The second kappa shape index (κ2) is 5.95. The van der Waals surface area contributed by atoms with Crippen LogP contribution in [-0.2, 0) is 0 Å². The molecule has 0 amide bonds. The highest BCUT2D eigenvalue weighted by molar-refractivity contribution is 5.91. The first-order valence-corrected chi connectivity index (χ1v) is 8.68. The average molecular weight is 355 g/mol. The minimum Gasteiger partial charge on any atom is -0.497 e. The van der Waals surface area contributed by atoms with Crippen LogP contribution in [0.1, 0.15) is 5.69 Å². The highest BCUT2D eigenvalue weighted by atomic mass is 16.5. The molecule has 0 atom stereocenters. The molecule has 27 heavy (non-hydrogen) atoms. The lowest BCUT2D eigenvalue weighted by molar-refractivity contribution is 0.414. The molecule has 0 aliphatic carbocycles. The molecule has 0 aliphatic heterocycles. The number of fused-ring (bicyclic) bond motifs is 2. The maximum atomic E-state index is 5.22. The van der Waals surface area contributed by atoms with E-state index in [1.807, 2.05) is 77.1 Å². The Kier molecular flexibility index (Phi) is 3.43. The first-order chi connectivity index (χ1) is 13.2.